The summed E-state index contributed by atoms with van der Waals surface area (Å²) in [6, 6.07) is 3.85. The molecule has 2 aromatic rings. The Balaban J connectivity index is 0.000000168. The van der Waals surface area contributed by atoms with Crippen molar-refractivity contribution in [2.24, 2.45) is 0 Å². The predicted molar refractivity (Wildman–Crippen MR) is 60.8 cm³/mol. The zero-order chi connectivity index (χ0) is 12.0. The first kappa shape index (κ1) is 12.2. The first-order valence-corrected chi connectivity index (χ1v) is 4.88. The van der Waals surface area contributed by atoms with Crippen LogP contribution < -0.4 is 0 Å². The van der Waals surface area contributed by atoms with E-state index in [1.165, 1.54) is 0 Å². The maximum atomic E-state index is 9.60. The van der Waals surface area contributed by atoms with Gasteiger partial charge in [-0.05, 0) is 32.9 Å². The van der Waals surface area contributed by atoms with Crippen LogP contribution in [-0.4, -0.2) is 27.3 Å². The molecule has 0 saturated heterocycles. The molecule has 0 unspecified atom stereocenters. The number of nitrogens with one attached hydrogen (secondary N) is 1. The van der Waals surface area contributed by atoms with Gasteiger partial charge in [-0.2, -0.15) is 5.10 Å². The largest absolute Gasteiger partial charge is 0.462 e. The van der Waals surface area contributed by atoms with Gasteiger partial charge in [-0.15, -0.1) is 0 Å². The summed E-state index contributed by atoms with van der Waals surface area (Å²) in [5.74, 6) is 0. The van der Waals surface area contributed by atoms with Crippen molar-refractivity contribution in [3.63, 3.8) is 0 Å². The summed E-state index contributed by atoms with van der Waals surface area (Å²) in [4.78, 5) is 13.6. The zero-order valence-electron chi connectivity index (χ0n) is 9.60. The normalized spacial score (nSPS) is 10.4. The predicted octanol–water partition coefficient (Wildman–Crippen LogP) is 1.92. The highest BCUT2D eigenvalue weighted by Crippen LogP contribution is 2.03. The summed E-state index contributed by atoms with van der Waals surface area (Å²) in [5, 5.41) is 7.63. The minimum Gasteiger partial charge on any atom is -0.462 e. The topological polar surface area (TPSA) is 67.9 Å². The van der Waals surface area contributed by atoms with Crippen LogP contribution in [0, 0.1) is 0 Å². The molecule has 0 saturated carbocycles. The van der Waals surface area contributed by atoms with E-state index in [2.05, 4.69) is 19.9 Å². The Hall–Kier alpha value is -1.91. The Kier molecular flexibility index (Phi) is 3.99. The monoisotopic (exact) mass is 221 g/mol. The molecule has 1 N–H and O–H groups in total. The third-order valence-corrected chi connectivity index (χ3v) is 1.61. The van der Waals surface area contributed by atoms with E-state index in [1.807, 2.05) is 32.9 Å². The number of pyridine rings is 1. The SMILES string of the molecule is CC(C)(C)OC=O.c1cnc2[nH]ncc2c1. The van der Waals surface area contributed by atoms with Gasteiger partial charge in [0.05, 0.1) is 6.20 Å². The third kappa shape index (κ3) is 4.08. The average Bonchev–Trinajstić information content (AvgIpc) is 2.64. The Morgan fingerprint density at radius 3 is 2.69 bits per heavy atom. The lowest BCUT2D eigenvalue weighted by Crippen LogP contribution is -2.17. The quantitative estimate of drug-likeness (QED) is 0.747. The van der Waals surface area contributed by atoms with Gasteiger partial charge >= 0.3 is 0 Å². The van der Waals surface area contributed by atoms with Crippen LogP contribution in [0.15, 0.2) is 24.5 Å². The average molecular weight is 221 g/mol. The van der Waals surface area contributed by atoms with Crippen LogP contribution in [0.4, 0.5) is 0 Å². The smallest absolute Gasteiger partial charge is 0.293 e. The van der Waals surface area contributed by atoms with Crippen LogP contribution in [0.5, 0.6) is 0 Å². The van der Waals surface area contributed by atoms with Crippen LogP contribution in [0.2, 0.25) is 0 Å². The highest BCUT2D eigenvalue weighted by molar-refractivity contribution is 5.72. The fraction of sp³-hybridized carbons (Fsp3) is 0.364. The van der Waals surface area contributed by atoms with Crippen LogP contribution >= 0.6 is 0 Å². The van der Waals surface area contributed by atoms with Crippen molar-refractivity contribution in [1.29, 1.82) is 0 Å². The van der Waals surface area contributed by atoms with E-state index < -0.39 is 0 Å². The molecule has 0 aliphatic heterocycles. The van der Waals surface area contributed by atoms with Gasteiger partial charge in [0.2, 0.25) is 0 Å². The molecule has 16 heavy (non-hydrogen) atoms. The van der Waals surface area contributed by atoms with Gasteiger partial charge in [0.25, 0.3) is 6.47 Å². The minimum absolute atomic E-state index is 0.318. The fourth-order valence-electron chi connectivity index (χ4n) is 0.923. The van der Waals surface area contributed by atoms with E-state index in [0.29, 0.717) is 6.47 Å². The van der Waals surface area contributed by atoms with E-state index in [1.54, 1.807) is 12.4 Å². The highest BCUT2D eigenvalue weighted by atomic mass is 16.5. The number of aromatic nitrogens is 3. The second-order valence-corrected chi connectivity index (χ2v) is 4.14. The van der Waals surface area contributed by atoms with Crippen molar-refractivity contribution in [1.82, 2.24) is 15.2 Å². The number of hydrogen-bond acceptors (Lipinski definition) is 4. The van der Waals surface area contributed by atoms with Crippen molar-refractivity contribution in [2.45, 2.75) is 26.4 Å². The number of hydrogen-bond donors (Lipinski definition) is 1. The zero-order valence-corrected chi connectivity index (χ0v) is 9.60. The van der Waals surface area contributed by atoms with Gasteiger partial charge in [0, 0.05) is 11.6 Å². The molecule has 86 valence electrons. The fourth-order valence-corrected chi connectivity index (χ4v) is 0.923. The lowest BCUT2D eigenvalue weighted by Gasteiger charge is -2.14. The molecule has 5 heteroatoms. The van der Waals surface area contributed by atoms with Crippen molar-refractivity contribution in [3.05, 3.63) is 24.5 Å². The van der Waals surface area contributed by atoms with E-state index in [4.69, 9.17) is 0 Å². The number of ether oxygens (including phenoxy) is 1. The second kappa shape index (κ2) is 5.25. The molecule has 0 atom stereocenters. The number of nitrogens with zero attached hydrogens (tertiary/aromatic N) is 2. The van der Waals surface area contributed by atoms with E-state index >= 15 is 0 Å². The van der Waals surface area contributed by atoms with Crippen LogP contribution in [0.1, 0.15) is 20.8 Å². The maximum absolute atomic E-state index is 9.60. The molecule has 0 fully saturated rings. The summed E-state index contributed by atoms with van der Waals surface area (Å²) in [6.07, 6.45) is 3.49. The Bertz CT molecular complexity index is 415. The Morgan fingerprint density at radius 1 is 1.44 bits per heavy atom. The van der Waals surface area contributed by atoms with Gasteiger partial charge in [-0.3, -0.25) is 9.89 Å². The summed E-state index contributed by atoms with van der Waals surface area (Å²) >= 11 is 0. The maximum Gasteiger partial charge on any atom is 0.293 e. The molecule has 0 amide bonds. The van der Waals surface area contributed by atoms with E-state index in [-0.39, 0.29) is 5.60 Å². The lowest BCUT2D eigenvalue weighted by atomic mass is 10.2. The lowest BCUT2D eigenvalue weighted by molar-refractivity contribution is -0.138. The standard InChI is InChI=1S/C6H5N3.C5H10O2/c1-2-5-4-8-9-6(5)7-3-1;1-5(2,3)7-4-6/h1-4H,(H,7,8,9);4H,1-3H3. The first-order valence-electron chi connectivity index (χ1n) is 4.88. The Labute approximate surface area is 93.8 Å². The Morgan fingerprint density at radius 2 is 2.19 bits per heavy atom. The number of fused-ring (bicyclic) bond motifs is 1. The summed E-state index contributed by atoms with van der Waals surface area (Å²) in [6.45, 7) is 5.92. The number of aromatic amines is 1. The van der Waals surface area contributed by atoms with Gasteiger partial charge in [0.15, 0.2) is 5.65 Å². The molecule has 2 heterocycles. The van der Waals surface area contributed by atoms with Gasteiger partial charge in [-0.1, -0.05) is 0 Å². The van der Waals surface area contributed by atoms with Crippen molar-refractivity contribution < 1.29 is 9.53 Å². The molecule has 0 aliphatic carbocycles. The second-order valence-electron chi connectivity index (χ2n) is 4.14. The molecule has 0 aliphatic rings. The molecular formula is C11H15N3O2. The number of carbonyl (C=O) groups excluding carboxylic acids is 1. The molecule has 0 spiro atoms. The van der Waals surface area contributed by atoms with Crippen LogP contribution in [0.3, 0.4) is 0 Å². The molecule has 5 nitrogen and oxygen atoms in total. The minimum atomic E-state index is -0.318. The van der Waals surface area contributed by atoms with Crippen LogP contribution in [-0.2, 0) is 9.53 Å². The highest BCUT2D eigenvalue weighted by Gasteiger charge is 2.07. The van der Waals surface area contributed by atoms with Crippen molar-refractivity contribution in [3.8, 4) is 0 Å². The van der Waals surface area contributed by atoms with E-state index in [9.17, 15) is 4.79 Å². The van der Waals surface area contributed by atoms with Crippen LogP contribution in [0.25, 0.3) is 11.0 Å². The van der Waals surface area contributed by atoms with E-state index in [0.717, 1.165) is 11.0 Å². The van der Waals surface area contributed by atoms with Crippen molar-refractivity contribution in [2.75, 3.05) is 0 Å². The molecule has 0 bridgehead atoms. The summed E-state index contributed by atoms with van der Waals surface area (Å²) in [7, 11) is 0. The van der Waals surface area contributed by atoms with Gasteiger partial charge < -0.3 is 4.74 Å². The third-order valence-electron chi connectivity index (χ3n) is 1.61. The summed E-state index contributed by atoms with van der Waals surface area (Å²) in [5.41, 5.74) is 0.527. The number of H-pyrrole nitrogens is 1. The molecular weight excluding hydrogens is 206 g/mol. The van der Waals surface area contributed by atoms with Crippen molar-refractivity contribution >= 4 is 17.5 Å². The van der Waals surface area contributed by atoms with Gasteiger partial charge in [0.1, 0.15) is 5.60 Å². The first-order chi connectivity index (χ1) is 7.53. The number of carbonyl (C=O) groups is 1. The molecule has 0 aromatic carbocycles. The molecule has 2 rings (SSSR count). The van der Waals surface area contributed by atoms with Gasteiger partial charge in [-0.25, -0.2) is 4.98 Å². The molecule has 2 aromatic heterocycles. The summed E-state index contributed by atoms with van der Waals surface area (Å²) < 4.78 is 4.55. The molecule has 0 radical (unpaired) electrons. The number of rotatable bonds is 1.